The van der Waals surface area contributed by atoms with Gasteiger partial charge in [0.05, 0.1) is 12.0 Å². The molecule has 2 amide bonds. The second kappa shape index (κ2) is 11.0. The first-order valence-corrected chi connectivity index (χ1v) is 11.7. The van der Waals surface area contributed by atoms with E-state index in [1.165, 1.54) is 11.3 Å². The van der Waals surface area contributed by atoms with Crippen molar-refractivity contribution in [3.63, 3.8) is 0 Å². The molecule has 1 aliphatic heterocycles. The number of amides is 2. The summed E-state index contributed by atoms with van der Waals surface area (Å²) in [5.41, 5.74) is 1.20. The largest absolute Gasteiger partial charge is 0.497 e. The quantitative estimate of drug-likeness (QED) is 0.547. The number of nitrogens with one attached hydrogen (secondary N) is 1. The van der Waals surface area contributed by atoms with E-state index in [0.29, 0.717) is 35.8 Å². The molecule has 0 aliphatic carbocycles. The Bertz CT molecular complexity index is 1060. The van der Waals surface area contributed by atoms with Gasteiger partial charge in [-0.2, -0.15) is 0 Å². The summed E-state index contributed by atoms with van der Waals surface area (Å²) >= 11 is 1.38. The Morgan fingerprint density at radius 1 is 0.970 bits per heavy atom. The molecule has 1 N–H and O–H groups in total. The second-order valence-corrected chi connectivity index (χ2v) is 8.62. The van der Waals surface area contributed by atoms with E-state index in [2.05, 4.69) is 10.2 Å². The summed E-state index contributed by atoms with van der Waals surface area (Å²) in [7, 11) is 1.64. The highest BCUT2D eigenvalue weighted by atomic mass is 32.1. The SMILES string of the molecule is COc1ccc(OCCN2CCN(C(=O)c3cccc(NC(=O)c4cccs4)c3)CC2)cc1. The minimum atomic E-state index is -0.167. The minimum Gasteiger partial charge on any atom is -0.497 e. The van der Waals surface area contributed by atoms with Crippen molar-refractivity contribution >= 4 is 28.8 Å². The number of hydrogen-bond acceptors (Lipinski definition) is 6. The third-order valence-corrected chi connectivity index (χ3v) is 6.38. The van der Waals surface area contributed by atoms with Crippen LogP contribution in [-0.4, -0.2) is 68.1 Å². The van der Waals surface area contributed by atoms with Gasteiger partial charge in [-0.25, -0.2) is 0 Å². The molecule has 1 fully saturated rings. The van der Waals surface area contributed by atoms with E-state index in [1.807, 2.05) is 40.6 Å². The average molecular weight is 466 g/mol. The summed E-state index contributed by atoms with van der Waals surface area (Å²) in [6.45, 7) is 4.31. The number of piperazine rings is 1. The molecule has 1 aliphatic rings. The van der Waals surface area contributed by atoms with Crippen LogP contribution < -0.4 is 14.8 Å². The zero-order valence-corrected chi connectivity index (χ0v) is 19.3. The summed E-state index contributed by atoms with van der Waals surface area (Å²) < 4.78 is 11.0. The number of thiophene rings is 1. The number of benzene rings is 2. The van der Waals surface area contributed by atoms with Crippen LogP contribution >= 0.6 is 11.3 Å². The molecule has 0 radical (unpaired) electrons. The molecule has 8 heteroatoms. The normalized spacial score (nSPS) is 14.0. The predicted octanol–water partition coefficient (Wildman–Crippen LogP) is 3.85. The van der Waals surface area contributed by atoms with Crippen LogP contribution in [0.2, 0.25) is 0 Å². The molecule has 0 spiro atoms. The monoisotopic (exact) mass is 465 g/mol. The van der Waals surface area contributed by atoms with Crippen molar-refractivity contribution in [2.75, 3.05) is 51.8 Å². The number of methoxy groups -OCH3 is 1. The van der Waals surface area contributed by atoms with E-state index in [0.717, 1.165) is 31.1 Å². The maximum Gasteiger partial charge on any atom is 0.265 e. The molecule has 172 valence electrons. The summed E-state index contributed by atoms with van der Waals surface area (Å²) in [5, 5.41) is 4.73. The van der Waals surface area contributed by atoms with Gasteiger partial charge in [0.2, 0.25) is 0 Å². The van der Waals surface area contributed by atoms with Gasteiger partial charge in [-0.05, 0) is 53.9 Å². The van der Waals surface area contributed by atoms with Crippen LogP contribution in [0.3, 0.4) is 0 Å². The lowest BCUT2D eigenvalue weighted by Gasteiger charge is -2.34. The van der Waals surface area contributed by atoms with Crippen LogP contribution in [-0.2, 0) is 0 Å². The van der Waals surface area contributed by atoms with Gasteiger partial charge >= 0.3 is 0 Å². The molecule has 1 aromatic heterocycles. The Morgan fingerprint density at radius 3 is 2.42 bits per heavy atom. The lowest BCUT2D eigenvalue weighted by Crippen LogP contribution is -2.49. The third kappa shape index (κ3) is 6.12. The average Bonchev–Trinajstić information content (AvgIpc) is 3.40. The molecule has 0 bridgehead atoms. The fourth-order valence-electron chi connectivity index (χ4n) is 3.65. The first-order valence-electron chi connectivity index (χ1n) is 10.9. The van der Waals surface area contributed by atoms with Gasteiger partial charge in [0.15, 0.2) is 0 Å². The summed E-state index contributed by atoms with van der Waals surface area (Å²) in [5.74, 6) is 1.44. The number of anilines is 1. The number of ether oxygens (including phenoxy) is 2. The van der Waals surface area contributed by atoms with Crippen molar-refractivity contribution in [1.29, 1.82) is 0 Å². The van der Waals surface area contributed by atoms with E-state index in [-0.39, 0.29) is 11.8 Å². The Balaban J connectivity index is 1.23. The molecule has 0 atom stereocenters. The van der Waals surface area contributed by atoms with E-state index in [4.69, 9.17) is 9.47 Å². The maximum atomic E-state index is 13.0. The van der Waals surface area contributed by atoms with Crippen molar-refractivity contribution in [2.24, 2.45) is 0 Å². The third-order valence-electron chi connectivity index (χ3n) is 5.51. The summed E-state index contributed by atoms with van der Waals surface area (Å²) in [6, 6.07) is 18.3. The van der Waals surface area contributed by atoms with Crippen LogP contribution in [0.15, 0.2) is 66.0 Å². The van der Waals surface area contributed by atoms with Gasteiger partial charge in [0.25, 0.3) is 11.8 Å². The highest BCUT2D eigenvalue weighted by Gasteiger charge is 2.22. The van der Waals surface area contributed by atoms with Crippen LogP contribution in [0, 0.1) is 0 Å². The van der Waals surface area contributed by atoms with E-state index in [9.17, 15) is 9.59 Å². The molecule has 2 aromatic carbocycles. The van der Waals surface area contributed by atoms with E-state index in [1.54, 1.807) is 37.4 Å². The van der Waals surface area contributed by atoms with Gasteiger partial charge in [0.1, 0.15) is 18.1 Å². The van der Waals surface area contributed by atoms with Crippen molar-refractivity contribution in [2.45, 2.75) is 0 Å². The predicted molar refractivity (Wildman–Crippen MR) is 130 cm³/mol. The smallest absolute Gasteiger partial charge is 0.265 e. The number of hydrogen-bond donors (Lipinski definition) is 1. The topological polar surface area (TPSA) is 71.1 Å². The zero-order chi connectivity index (χ0) is 23.0. The lowest BCUT2D eigenvalue weighted by atomic mass is 10.1. The maximum absolute atomic E-state index is 13.0. The number of carbonyl (C=O) groups is 2. The molecule has 33 heavy (non-hydrogen) atoms. The summed E-state index contributed by atoms with van der Waals surface area (Å²) in [6.07, 6.45) is 0. The van der Waals surface area contributed by atoms with Crippen molar-refractivity contribution in [3.8, 4) is 11.5 Å². The van der Waals surface area contributed by atoms with Crippen LogP contribution in [0.1, 0.15) is 20.0 Å². The molecular weight excluding hydrogens is 438 g/mol. The van der Waals surface area contributed by atoms with Crippen LogP contribution in [0.4, 0.5) is 5.69 Å². The van der Waals surface area contributed by atoms with Crippen molar-refractivity contribution in [3.05, 3.63) is 76.5 Å². The minimum absolute atomic E-state index is 0.0173. The fourth-order valence-corrected chi connectivity index (χ4v) is 4.27. The fraction of sp³-hybridized carbons (Fsp3) is 0.280. The van der Waals surface area contributed by atoms with Gasteiger partial charge in [-0.15, -0.1) is 11.3 Å². The van der Waals surface area contributed by atoms with Gasteiger partial charge < -0.3 is 19.7 Å². The Kier molecular flexibility index (Phi) is 7.59. The first kappa shape index (κ1) is 22.8. The highest BCUT2D eigenvalue weighted by Crippen LogP contribution is 2.18. The van der Waals surface area contributed by atoms with Crippen LogP contribution in [0.25, 0.3) is 0 Å². The Labute approximate surface area is 197 Å². The van der Waals surface area contributed by atoms with Gasteiger partial charge in [-0.1, -0.05) is 12.1 Å². The van der Waals surface area contributed by atoms with Gasteiger partial charge in [-0.3, -0.25) is 14.5 Å². The summed E-state index contributed by atoms with van der Waals surface area (Å²) in [4.78, 5) is 30.1. The molecule has 0 unspecified atom stereocenters. The van der Waals surface area contributed by atoms with Gasteiger partial charge in [0, 0.05) is 44.0 Å². The van der Waals surface area contributed by atoms with E-state index >= 15 is 0 Å². The molecule has 1 saturated heterocycles. The first-order chi connectivity index (χ1) is 16.1. The zero-order valence-electron chi connectivity index (χ0n) is 18.5. The van der Waals surface area contributed by atoms with Crippen LogP contribution in [0.5, 0.6) is 11.5 Å². The van der Waals surface area contributed by atoms with E-state index < -0.39 is 0 Å². The number of rotatable bonds is 8. The molecular formula is C25H27N3O4S. The molecule has 0 saturated carbocycles. The molecule has 4 rings (SSSR count). The number of carbonyl (C=O) groups excluding carboxylic acids is 2. The lowest BCUT2D eigenvalue weighted by molar-refractivity contribution is 0.0620. The molecule has 7 nitrogen and oxygen atoms in total. The van der Waals surface area contributed by atoms with Crippen molar-refractivity contribution in [1.82, 2.24) is 9.80 Å². The second-order valence-electron chi connectivity index (χ2n) is 7.67. The Morgan fingerprint density at radius 2 is 1.73 bits per heavy atom. The standard InChI is InChI=1S/C25H27N3O4S/c1-31-21-7-9-22(10-8-21)32-16-15-27-11-13-28(14-12-27)25(30)19-4-2-5-20(18-19)26-24(29)23-6-3-17-33-23/h2-10,17-18H,11-16H2,1H3,(H,26,29). The highest BCUT2D eigenvalue weighted by molar-refractivity contribution is 7.12. The molecule has 3 aromatic rings. The number of nitrogens with zero attached hydrogens (tertiary/aromatic N) is 2. The van der Waals surface area contributed by atoms with Crippen molar-refractivity contribution < 1.29 is 19.1 Å². The molecule has 2 heterocycles. The Hall–Kier alpha value is -3.36.